The third kappa shape index (κ3) is 6.46. The number of benzene rings is 2. The van der Waals surface area contributed by atoms with Crippen molar-refractivity contribution in [2.45, 2.75) is 64.6 Å². The zero-order chi connectivity index (χ0) is 24.5. The molecular formula is C28H35FN2O3. The fraction of sp³-hybridized carbons (Fsp3) is 0.429. The highest BCUT2D eigenvalue weighted by Crippen LogP contribution is 2.29. The van der Waals surface area contributed by atoms with E-state index in [4.69, 9.17) is 4.74 Å². The van der Waals surface area contributed by atoms with E-state index in [0.29, 0.717) is 19.5 Å². The Balaban J connectivity index is 1.89. The Hall–Kier alpha value is -3.15. The third-order valence-electron chi connectivity index (χ3n) is 6.35. The van der Waals surface area contributed by atoms with Crippen molar-refractivity contribution in [3.8, 4) is 5.75 Å². The number of methoxy groups -OCH3 is 1. The highest BCUT2D eigenvalue weighted by molar-refractivity contribution is 5.88. The van der Waals surface area contributed by atoms with E-state index in [-0.39, 0.29) is 23.7 Å². The van der Waals surface area contributed by atoms with Gasteiger partial charge in [-0.1, -0.05) is 62.6 Å². The molecule has 2 aromatic carbocycles. The van der Waals surface area contributed by atoms with Crippen molar-refractivity contribution in [3.63, 3.8) is 0 Å². The quantitative estimate of drug-likeness (QED) is 0.354. The van der Waals surface area contributed by atoms with E-state index in [1.165, 1.54) is 12.1 Å². The van der Waals surface area contributed by atoms with Gasteiger partial charge < -0.3 is 14.5 Å². The summed E-state index contributed by atoms with van der Waals surface area (Å²) in [6, 6.07) is 12.9. The minimum Gasteiger partial charge on any atom is -0.497 e. The molecule has 34 heavy (non-hydrogen) atoms. The molecule has 2 amide bonds. The monoisotopic (exact) mass is 466 g/mol. The van der Waals surface area contributed by atoms with Crippen LogP contribution in [0.5, 0.6) is 5.75 Å². The number of hydrogen-bond acceptors (Lipinski definition) is 3. The van der Waals surface area contributed by atoms with Crippen LogP contribution < -0.4 is 4.74 Å². The lowest BCUT2D eigenvalue weighted by atomic mass is 10.00. The molecule has 182 valence electrons. The van der Waals surface area contributed by atoms with E-state index >= 15 is 0 Å². The normalized spacial score (nSPS) is 19.5. The third-order valence-corrected chi connectivity index (χ3v) is 6.35. The van der Waals surface area contributed by atoms with Gasteiger partial charge in [0.05, 0.1) is 13.2 Å². The van der Waals surface area contributed by atoms with E-state index in [1.54, 1.807) is 36.0 Å². The van der Waals surface area contributed by atoms with E-state index in [9.17, 15) is 14.0 Å². The van der Waals surface area contributed by atoms with Gasteiger partial charge in [-0.25, -0.2) is 4.39 Å². The van der Waals surface area contributed by atoms with Crippen molar-refractivity contribution >= 4 is 11.8 Å². The van der Waals surface area contributed by atoms with Crippen LogP contribution in [0.15, 0.2) is 60.7 Å². The fourth-order valence-electron chi connectivity index (χ4n) is 4.30. The number of nitrogens with zero attached hydrogens (tertiary/aromatic N) is 2. The Morgan fingerprint density at radius 2 is 1.76 bits per heavy atom. The van der Waals surface area contributed by atoms with E-state index in [0.717, 1.165) is 42.6 Å². The number of rotatable bonds is 9. The number of carbonyl (C=O) groups is 2. The lowest BCUT2D eigenvalue weighted by molar-refractivity contribution is -0.146. The van der Waals surface area contributed by atoms with Crippen molar-refractivity contribution in [2.24, 2.45) is 0 Å². The van der Waals surface area contributed by atoms with Crippen LogP contribution in [0, 0.1) is 5.82 Å². The molecule has 0 aliphatic carbocycles. The smallest absolute Gasteiger partial charge is 0.246 e. The van der Waals surface area contributed by atoms with Crippen molar-refractivity contribution in [1.29, 1.82) is 0 Å². The first-order chi connectivity index (χ1) is 16.4. The van der Waals surface area contributed by atoms with Crippen LogP contribution in [0.3, 0.4) is 0 Å². The van der Waals surface area contributed by atoms with Crippen molar-refractivity contribution in [2.75, 3.05) is 13.7 Å². The van der Waals surface area contributed by atoms with Gasteiger partial charge in [0.25, 0.3) is 0 Å². The molecule has 1 aliphatic rings. The average molecular weight is 467 g/mol. The minimum absolute atomic E-state index is 0.00577. The summed E-state index contributed by atoms with van der Waals surface area (Å²) in [5.41, 5.74) is 1.77. The standard InChI is InChI=1S/C28H35FN2O3/c1-4-5-6-7-10-27(32)30-19-8-9-26(23-13-17-25(34-3)18-14-23)31(28(33)21(30)2)20-22-11-15-24(29)16-12-22/h8-9,11-18,21,26H,4-7,10,19-20H2,1-3H3/b9-8-/t21-,26+/m0/s1. The molecule has 1 heterocycles. The molecule has 0 bridgehead atoms. The van der Waals surface area contributed by atoms with Gasteiger partial charge in [-0.2, -0.15) is 0 Å². The number of unbranched alkanes of at least 4 members (excludes halogenated alkanes) is 3. The van der Waals surface area contributed by atoms with Gasteiger partial charge in [-0.15, -0.1) is 0 Å². The van der Waals surface area contributed by atoms with Crippen molar-refractivity contribution in [1.82, 2.24) is 9.80 Å². The molecule has 0 spiro atoms. The maximum absolute atomic E-state index is 13.8. The second-order valence-electron chi connectivity index (χ2n) is 8.77. The summed E-state index contributed by atoms with van der Waals surface area (Å²) in [7, 11) is 1.62. The molecule has 2 aromatic rings. The number of hydrogen-bond donors (Lipinski definition) is 0. The molecule has 0 saturated carbocycles. The number of carbonyl (C=O) groups excluding carboxylic acids is 2. The van der Waals surface area contributed by atoms with Gasteiger partial charge in [0.1, 0.15) is 17.6 Å². The van der Waals surface area contributed by atoms with Gasteiger partial charge in [-0.3, -0.25) is 9.59 Å². The van der Waals surface area contributed by atoms with Crippen LogP contribution in [-0.2, 0) is 16.1 Å². The Labute approximate surface area is 202 Å². The summed E-state index contributed by atoms with van der Waals surface area (Å²) in [6.07, 6.45) is 8.47. The summed E-state index contributed by atoms with van der Waals surface area (Å²) in [5.74, 6) is 0.299. The maximum atomic E-state index is 13.8. The highest BCUT2D eigenvalue weighted by Gasteiger charge is 2.33. The van der Waals surface area contributed by atoms with Crippen molar-refractivity contribution in [3.05, 3.63) is 77.6 Å². The predicted octanol–water partition coefficient (Wildman–Crippen LogP) is 5.66. The van der Waals surface area contributed by atoms with Gasteiger partial charge in [0.2, 0.25) is 11.8 Å². The van der Waals surface area contributed by atoms with Crippen LogP contribution >= 0.6 is 0 Å². The van der Waals surface area contributed by atoms with E-state index in [1.807, 2.05) is 36.4 Å². The lowest BCUT2D eigenvalue weighted by Crippen LogP contribution is -2.51. The Morgan fingerprint density at radius 3 is 2.41 bits per heavy atom. The molecule has 1 aliphatic heterocycles. The Morgan fingerprint density at radius 1 is 1.06 bits per heavy atom. The lowest BCUT2D eigenvalue weighted by Gasteiger charge is -2.38. The first-order valence-electron chi connectivity index (χ1n) is 12.1. The Kier molecular flexibility index (Phi) is 9.25. The zero-order valence-electron chi connectivity index (χ0n) is 20.4. The van der Waals surface area contributed by atoms with Crippen LogP contribution in [0.2, 0.25) is 0 Å². The van der Waals surface area contributed by atoms with Crippen LogP contribution in [0.1, 0.15) is 63.1 Å². The predicted molar refractivity (Wildman–Crippen MR) is 132 cm³/mol. The molecule has 3 rings (SSSR count). The second-order valence-corrected chi connectivity index (χ2v) is 8.77. The molecule has 2 atom stereocenters. The molecule has 0 N–H and O–H groups in total. The van der Waals surface area contributed by atoms with Crippen LogP contribution in [-0.4, -0.2) is 41.3 Å². The first kappa shape index (κ1) is 25.5. The summed E-state index contributed by atoms with van der Waals surface area (Å²) in [6.45, 7) is 4.65. The summed E-state index contributed by atoms with van der Waals surface area (Å²) in [5, 5.41) is 0. The average Bonchev–Trinajstić information content (AvgIpc) is 2.85. The van der Waals surface area contributed by atoms with Gasteiger partial charge >= 0.3 is 0 Å². The Bertz CT molecular complexity index is 972. The van der Waals surface area contributed by atoms with Gasteiger partial charge in [0.15, 0.2) is 0 Å². The van der Waals surface area contributed by atoms with Crippen molar-refractivity contribution < 1.29 is 18.7 Å². The SMILES string of the molecule is CCCCCCC(=O)N1C/C=C\[C@H](c2ccc(OC)cc2)N(Cc2ccc(F)cc2)C(=O)[C@@H]1C. The molecular weight excluding hydrogens is 431 g/mol. The van der Waals surface area contributed by atoms with E-state index < -0.39 is 6.04 Å². The summed E-state index contributed by atoms with van der Waals surface area (Å²) in [4.78, 5) is 30.2. The largest absolute Gasteiger partial charge is 0.497 e. The maximum Gasteiger partial charge on any atom is 0.246 e. The number of amides is 2. The highest BCUT2D eigenvalue weighted by atomic mass is 19.1. The number of halogens is 1. The molecule has 0 unspecified atom stereocenters. The van der Waals surface area contributed by atoms with Crippen LogP contribution in [0.4, 0.5) is 4.39 Å². The zero-order valence-corrected chi connectivity index (χ0v) is 20.4. The molecule has 0 aromatic heterocycles. The molecule has 0 saturated heterocycles. The van der Waals surface area contributed by atoms with Gasteiger partial charge in [-0.05, 0) is 48.7 Å². The summed E-state index contributed by atoms with van der Waals surface area (Å²) >= 11 is 0. The van der Waals surface area contributed by atoms with E-state index in [2.05, 4.69) is 6.92 Å². The molecule has 0 radical (unpaired) electrons. The molecule has 6 heteroatoms. The van der Waals surface area contributed by atoms with Crippen LogP contribution in [0.25, 0.3) is 0 Å². The molecule has 0 fully saturated rings. The summed E-state index contributed by atoms with van der Waals surface area (Å²) < 4.78 is 18.8. The second kappa shape index (κ2) is 12.4. The topological polar surface area (TPSA) is 49.9 Å². The van der Waals surface area contributed by atoms with Gasteiger partial charge in [0, 0.05) is 19.5 Å². The number of ether oxygens (including phenoxy) is 1. The first-order valence-corrected chi connectivity index (χ1v) is 12.1. The fourth-order valence-corrected chi connectivity index (χ4v) is 4.30. The minimum atomic E-state index is -0.593. The molecule has 5 nitrogen and oxygen atoms in total.